The van der Waals surface area contributed by atoms with Crippen LogP contribution < -0.4 is 0 Å². The predicted octanol–water partition coefficient (Wildman–Crippen LogP) is 3.09. The number of benzene rings is 1. The zero-order valence-corrected chi connectivity index (χ0v) is 14.4. The quantitative estimate of drug-likeness (QED) is 0.785. The van der Waals surface area contributed by atoms with E-state index in [0.717, 1.165) is 35.9 Å². The van der Waals surface area contributed by atoms with Gasteiger partial charge in [-0.15, -0.1) is 0 Å². The molecule has 0 radical (unpaired) electrons. The van der Waals surface area contributed by atoms with Crippen LogP contribution in [0.4, 0.5) is 0 Å². The summed E-state index contributed by atoms with van der Waals surface area (Å²) >= 11 is 0. The maximum absolute atomic E-state index is 12.1. The van der Waals surface area contributed by atoms with Crippen LogP contribution in [-0.2, 0) is 11.2 Å². The van der Waals surface area contributed by atoms with E-state index in [1.165, 1.54) is 12.1 Å². The van der Waals surface area contributed by atoms with Gasteiger partial charge < -0.3 is 15.2 Å². The van der Waals surface area contributed by atoms with Crippen molar-refractivity contribution >= 4 is 16.9 Å². The molecular weight excluding hydrogens is 316 g/mol. The summed E-state index contributed by atoms with van der Waals surface area (Å²) in [6.07, 6.45) is 4.01. The zero-order valence-electron chi connectivity index (χ0n) is 14.4. The lowest BCUT2D eigenvalue weighted by atomic mass is 9.65. The molecule has 3 N–H and O–H groups in total. The number of aromatic nitrogens is 1. The molecule has 132 valence electrons. The SMILES string of the molecule is CCC1CC2CC3c4[nH]c5ccc(O)cc5c4C[C@H](C(=O)O)N(C2)C13. The third kappa shape index (κ3) is 2.08. The van der Waals surface area contributed by atoms with E-state index in [4.69, 9.17) is 0 Å². The molecule has 0 spiro atoms. The summed E-state index contributed by atoms with van der Waals surface area (Å²) in [5.41, 5.74) is 3.34. The normalized spacial score (nSPS) is 36.2. The zero-order chi connectivity index (χ0) is 17.3. The van der Waals surface area contributed by atoms with Gasteiger partial charge >= 0.3 is 5.97 Å². The number of H-pyrrole nitrogens is 1. The van der Waals surface area contributed by atoms with E-state index in [2.05, 4.69) is 16.8 Å². The van der Waals surface area contributed by atoms with Crippen molar-refractivity contribution in [2.75, 3.05) is 6.54 Å². The van der Waals surface area contributed by atoms with Crippen LogP contribution in [0.15, 0.2) is 18.2 Å². The Morgan fingerprint density at radius 3 is 2.96 bits per heavy atom. The number of hydrogen-bond donors (Lipinski definition) is 3. The van der Waals surface area contributed by atoms with Crippen LogP contribution in [-0.4, -0.2) is 44.7 Å². The fourth-order valence-electron chi connectivity index (χ4n) is 5.93. The van der Waals surface area contributed by atoms with Crippen LogP contribution in [0.5, 0.6) is 5.75 Å². The van der Waals surface area contributed by atoms with Crippen molar-refractivity contribution in [3.8, 4) is 5.75 Å². The van der Waals surface area contributed by atoms with Crippen molar-refractivity contribution in [2.45, 2.75) is 50.6 Å². The molecule has 1 saturated carbocycles. The number of aromatic amines is 1. The van der Waals surface area contributed by atoms with Crippen molar-refractivity contribution in [3.05, 3.63) is 29.5 Å². The number of rotatable bonds is 2. The van der Waals surface area contributed by atoms with Gasteiger partial charge in [0.25, 0.3) is 0 Å². The highest BCUT2D eigenvalue weighted by Crippen LogP contribution is 2.52. The second-order valence-corrected chi connectivity index (χ2v) is 8.10. The summed E-state index contributed by atoms with van der Waals surface area (Å²) < 4.78 is 0. The van der Waals surface area contributed by atoms with Gasteiger partial charge in [-0.25, -0.2) is 0 Å². The van der Waals surface area contributed by atoms with E-state index in [9.17, 15) is 15.0 Å². The first-order valence-electron chi connectivity index (χ1n) is 9.38. The van der Waals surface area contributed by atoms with Crippen molar-refractivity contribution in [2.24, 2.45) is 11.8 Å². The first-order chi connectivity index (χ1) is 12.1. The minimum Gasteiger partial charge on any atom is -0.508 e. The summed E-state index contributed by atoms with van der Waals surface area (Å²) in [4.78, 5) is 18.0. The molecule has 4 aliphatic rings. The molecule has 2 aromatic rings. The fraction of sp³-hybridized carbons (Fsp3) is 0.550. The van der Waals surface area contributed by atoms with Crippen LogP contribution in [0.2, 0.25) is 0 Å². The maximum atomic E-state index is 12.1. The summed E-state index contributed by atoms with van der Waals surface area (Å²) in [6.45, 7) is 3.15. The monoisotopic (exact) mass is 340 g/mol. The summed E-state index contributed by atoms with van der Waals surface area (Å²) in [6, 6.07) is 5.24. The molecule has 2 saturated heterocycles. The molecule has 1 aromatic carbocycles. The van der Waals surface area contributed by atoms with E-state index in [-0.39, 0.29) is 5.75 Å². The molecule has 1 aromatic heterocycles. The number of nitrogens with zero attached hydrogens (tertiary/aromatic N) is 1. The predicted molar refractivity (Wildman–Crippen MR) is 94.8 cm³/mol. The van der Waals surface area contributed by atoms with E-state index in [1.807, 2.05) is 6.07 Å². The lowest BCUT2D eigenvalue weighted by molar-refractivity contribution is -0.148. The largest absolute Gasteiger partial charge is 0.508 e. The first kappa shape index (κ1) is 15.3. The third-order valence-corrected chi connectivity index (χ3v) is 6.87. The minimum atomic E-state index is -0.719. The minimum absolute atomic E-state index is 0.238. The summed E-state index contributed by atoms with van der Waals surface area (Å²) in [5.74, 6) is 1.06. The number of carboxylic acid groups (broad SMARTS) is 1. The third-order valence-electron chi connectivity index (χ3n) is 6.87. The van der Waals surface area contributed by atoms with Crippen molar-refractivity contribution in [3.63, 3.8) is 0 Å². The van der Waals surface area contributed by atoms with Gasteiger partial charge in [0.1, 0.15) is 11.8 Å². The Bertz CT molecular complexity index is 858. The molecule has 6 atom stereocenters. The molecule has 4 bridgehead atoms. The Labute approximate surface area is 146 Å². The molecule has 6 rings (SSSR count). The average molecular weight is 340 g/mol. The average Bonchev–Trinajstić information content (AvgIpc) is 2.91. The number of hydrogen-bond acceptors (Lipinski definition) is 3. The summed E-state index contributed by atoms with van der Waals surface area (Å²) in [5, 5.41) is 20.9. The molecule has 5 unspecified atom stereocenters. The van der Waals surface area contributed by atoms with E-state index >= 15 is 0 Å². The number of fused-ring (bicyclic) bond motifs is 4. The van der Waals surface area contributed by atoms with Crippen LogP contribution in [0.3, 0.4) is 0 Å². The first-order valence-corrected chi connectivity index (χ1v) is 9.38. The molecule has 1 aliphatic carbocycles. The van der Waals surface area contributed by atoms with E-state index in [0.29, 0.717) is 30.2 Å². The standard InChI is InChI=1S/C20H24N2O3/c1-2-11-5-10-6-15-18-14(13-7-12(23)3-4-16(13)21-18)8-17(20(24)25)22(9-10)19(11)15/h3-4,7,10-11,15,17,19,21,23H,2,5-6,8-9H2,1H3,(H,24,25)/t10?,11?,15?,17-,19?/m1/s1. The van der Waals surface area contributed by atoms with Crippen LogP contribution in [0, 0.1) is 11.8 Å². The lowest BCUT2D eigenvalue weighted by Gasteiger charge is -2.54. The second kappa shape index (κ2) is 5.24. The molecule has 0 amide bonds. The number of carboxylic acids is 1. The molecule has 5 heteroatoms. The van der Waals surface area contributed by atoms with Gasteiger partial charge in [-0.3, -0.25) is 9.69 Å². The highest BCUT2D eigenvalue weighted by Gasteiger charge is 2.52. The van der Waals surface area contributed by atoms with Gasteiger partial charge in [-0.2, -0.15) is 0 Å². The molecule has 3 aliphatic heterocycles. The molecule has 3 fully saturated rings. The Morgan fingerprint density at radius 1 is 1.36 bits per heavy atom. The van der Waals surface area contributed by atoms with Gasteiger partial charge in [-0.1, -0.05) is 13.3 Å². The summed E-state index contributed by atoms with van der Waals surface area (Å²) in [7, 11) is 0. The van der Waals surface area contributed by atoms with Gasteiger partial charge in [0.2, 0.25) is 0 Å². The Morgan fingerprint density at radius 2 is 2.20 bits per heavy atom. The smallest absolute Gasteiger partial charge is 0.321 e. The highest BCUT2D eigenvalue weighted by molar-refractivity contribution is 5.87. The Hall–Kier alpha value is -2.01. The second-order valence-electron chi connectivity index (χ2n) is 8.10. The van der Waals surface area contributed by atoms with Gasteiger partial charge in [0, 0.05) is 41.5 Å². The van der Waals surface area contributed by atoms with Gasteiger partial charge in [0.15, 0.2) is 0 Å². The highest BCUT2D eigenvalue weighted by atomic mass is 16.4. The van der Waals surface area contributed by atoms with Crippen molar-refractivity contribution < 1.29 is 15.0 Å². The molecule has 4 heterocycles. The van der Waals surface area contributed by atoms with Gasteiger partial charge in [-0.05, 0) is 48.4 Å². The van der Waals surface area contributed by atoms with Crippen molar-refractivity contribution in [1.29, 1.82) is 0 Å². The van der Waals surface area contributed by atoms with Crippen molar-refractivity contribution in [1.82, 2.24) is 9.88 Å². The number of aromatic hydroxyl groups is 1. The number of phenols is 1. The van der Waals surface area contributed by atoms with Crippen LogP contribution >= 0.6 is 0 Å². The fourth-order valence-corrected chi connectivity index (χ4v) is 5.93. The van der Waals surface area contributed by atoms with Crippen LogP contribution in [0.25, 0.3) is 10.9 Å². The van der Waals surface area contributed by atoms with Gasteiger partial charge in [0.05, 0.1) is 0 Å². The molecular formula is C20H24N2O3. The van der Waals surface area contributed by atoms with E-state index in [1.54, 1.807) is 12.1 Å². The Balaban J connectivity index is 1.73. The number of piperidine rings is 2. The number of nitrogens with one attached hydrogen (secondary N) is 1. The number of carbonyl (C=O) groups is 1. The topological polar surface area (TPSA) is 76.6 Å². The Kier molecular flexibility index (Phi) is 3.20. The number of aliphatic carboxylic acids is 1. The lowest BCUT2D eigenvalue weighted by Crippen LogP contribution is -2.60. The van der Waals surface area contributed by atoms with Crippen LogP contribution in [0.1, 0.15) is 43.4 Å². The maximum Gasteiger partial charge on any atom is 0.321 e. The molecule has 5 nitrogen and oxygen atoms in total. The van der Waals surface area contributed by atoms with E-state index < -0.39 is 12.0 Å². The number of phenolic OH excluding ortho intramolecular Hbond substituents is 1. The molecule has 25 heavy (non-hydrogen) atoms.